The third kappa shape index (κ3) is 4.63. The number of carbonyl (C=O) groups is 1. The van der Waals surface area contributed by atoms with Crippen molar-refractivity contribution in [3.63, 3.8) is 0 Å². The van der Waals surface area contributed by atoms with Gasteiger partial charge in [-0.05, 0) is 67.6 Å². The fraction of sp³-hybridized carbons (Fsp3) is 0.360. The van der Waals surface area contributed by atoms with Crippen LogP contribution in [-0.2, 0) is 13.0 Å². The lowest BCUT2D eigenvalue weighted by Gasteiger charge is -2.29. The van der Waals surface area contributed by atoms with Gasteiger partial charge in [0.15, 0.2) is 0 Å². The third-order valence-electron chi connectivity index (χ3n) is 5.93. The van der Waals surface area contributed by atoms with Crippen LogP contribution in [0.4, 0.5) is 10.1 Å². The molecule has 0 unspecified atom stereocenters. The Morgan fingerprint density at radius 1 is 1.00 bits per heavy atom. The zero-order valence-corrected chi connectivity index (χ0v) is 18.2. The highest BCUT2D eigenvalue weighted by molar-refractivity contribution is 5.95. The lowest BCUT2D eigenvalue weighted by molar-refractivity contribution is 0.0784. The van der Waals surface area contributed by atoms with Crippen LogP contribution in [0.15, 0.2) is 54.7 Å². The van der Waals surface area contributed by atoms with Gasteiger partial charge in [0.25, 0.3) is 5.91 Å². The summed E-state index contributed by atoms with van der Waals surface area (Å²) in [4.78, 5) is 17.3. The molecule has 1 amide bonds. The lowest BCUT2D eigenvalue weighted by Crippen LogP contribution is -2.29. The fourth-order valence-corrected chi connectivity index (χ4v) is 4.21. The van der Waals surface area contributed by atoms with Crippen molar-refractivity contribution in [2.24, 2.45) is 0 Å². The van der Waals surface area contributed by atoms with Crippen molar-refractivity contribution in [2.45, 2.75) is 39.2 Å². The summed E-state index contributed by atoms with van der Waals surface area (Å²) < 4.78 is 15.0. The normalized spacial score (nSPS) is 14.0. The van der Waals surface area contributed by atoms with E-state index >= 15 is 0 Å². The van der Waals surface area contributed by atoms with Crippen LogP contribution in [-0.4, -0.2) is 40.7 Å². The predicted molar refractivity (Wildman–Crippen MR) is 121 cm³/mol. The van der Waals surface area contributed by atoms with Gasteiger partial charge in [-0.2, -0.15) is 5.10 Å². The number of piperidine rings is 1. The van der Waals surface area contributed by atoms with E-state index in [4.69, 9.17) is 0 Å². The van der Waals surface area contributed by atoms with Crippen LogP contribution >= 0.6 is 0 Å². The maximum Gasteiger partial charge on any atom is 0.257 e. The quantitative estimate of drug-likeness (QED) is 0.573. The second kappa shape index (κ2) is 9.33. The second-order valence-electron chi connectivity index (χ2n) is 8.12. The van der Waals surface area contributed by atoms with E-state index in [0.717, 1.165) is 30.0 Å². The molecule has 4 rings (SSSR count). The molecule has 0 N–H and O–H groups in total. The Labute approximate surface area is 183 Å². The Balaban J connectivity index is 1.47. The SMILES string of the molecule is CCc1c(C(=O)N(C)Cc2ccc(N3CCCCC3)cc2)cnn1-c1ccc(F)cc1. The minimum absolute atomic E-state index is 0.0645. The van der Waals surface area contributed by atoms with E-state index in [2.05, 4.69) is 34.3 Å². The van der Waals surface area contributed by atoms with E-state index < -0.39 is 0 Å². The molecular formula is C25H29FN4O. The van der Waals surface area contributed by atoms with E-state index in [1.807, 2.05) is 14.0 Å². The standard InChI is InChI=1S/C25H29FN4O/c1-3-24-23(17-27-30(24)22-13-9-20(26)10-14-22)25(31)28(2)18-19-7-11-21(12-8-19)29-15-5-4-6-16-29/h7-14,17H,3-6,15-16,18H2,1-2H3. The van der Waals surface area contributed by atoms with Gasteiger partial charge in [0, 0.05) is 32.4 Å². The Kier molecular flexibility index (Phi) is 6.35. The maximum absolute atomic E-state index is 13.3. The van der Waals surface area contributed by atoms with E-state index in [-0.39, 0.29) is 11.7 Å². The molecular weight excluding hydrogens is 391 g/mol. The average molecular weight is 421 g/mol. The molecule has 1 fully saturated rings. The molecule has 0 saturated carbocycles. The molecule has 0 bridgehead atoms. The van der Waals surface area contributed by atoms with Crippen LogP contribution in [0.25, 0.3) is 5.69 Å². The van der Waals surface area contributed by atoms with Gasteiger partial charge < -0.3 is 9.80 Å². The number of halogens is 1. The average Bonchev–Trinajstić information content (AvgIpc) is 3.24. The van der Waals surface area contributed by atoms with E-state index in [0.29, 0.717) is 18.5 Å². The summed E-state index contributed by atoms with van der Waals surface area (Å²) in [7, 11) is 1.82. The first-order chi connectivity index (χ1) is 15.1. The van der Waals surface area contributed by atoms with Gasteiger partial charge in [0.1, 0.15) is 5.82 Å². The van der Waals surface area contributed by atoms with Crippen molar-refractivity contribution in [1.29, 1.82) is 0 Å². The molecule has 2 heterocycles. The molecule has 2 aromatic carbocycles. The number of hydrogen-bond donors (Lipinski definition) is 0. The van der Waals surface area contributed by atoms with Crippen molar-refractivity contribution in [3.05, 3.63) is 77.4 Å². The highest BCUT2D eigenvalue weighted by Gasteiger charge is 2.21. The fourth-order valence-electron chi connectivity index (χ4n) is 4.21. The third-order valence-corrected chi connectivity index (χ3v) is 5.93. The first-order valence-corrected chi connectivity index (χ1v) is 11.0. The number of carbonyl (C=O) groups excluding carboxylic acids is 1. The zero-order valence-electron chi connectivity index (χ0n) is 18.2. The lowest BCUT2D eigenvalue weighted by atomic mass is 10.1. The number of rotatable bonds is 6. The summed E-state index contributed by atoms with van der Waals surface area (Å²) in [6.45, 7) is 4.77. The van der Waals surface area contributed by atoms with E-state index in [1.54, 1.807) is 27.9 Å². The maximum atomic E-state index is 13.3. The number of hydrogen-bond acceptors (Lipinski definition) is 3. The summed E-state index contributed by atoms with van der Waals surface area (Å²) in [5.41, 5.74) is 4.50. The van der Waals surface area contributed by atoms with E-state index in [1.165, 1.54) is 37.1 Å². The van der Waals surface area contributed by atoms with Gasteiger partial charge in [-0.15, -0.1) is 0 Å². The number of nitrogens with zero attached hydrogens (tertiary/aromatic N) is 4. The van der Waals surface area contributed by atoms with Gasteiger partial charge in [-0.3, -0.25) is 4.79 Å². The number of aromatic nitrogens is 2. The summed E-state index contributed by atoms with van der Waals surface area (Å²) in [5, 5.41) is 4.40. The molecule has 6 heteroatoms. The van der Waals surface area contributed by atoms with Gasteiger partial charge in [0.2, 0.25) is 0 Å². The molecule has 31 heavy (non-hydrogen) atoms. The molecule has 1 aliphatic heterocycles. The Morgan fingerprint density at radius 3 is 2.29 bits per heavy atom. The summed E-state index contributed by atoms with van der Waals surface area (Å²) >= 11 is 0. The molecule has 162 valence electrons. The van der Waals surface area contributed by atoms with Crippen LogP contribution in [0.2, 0.25) is 0 Å². The van der Waals surface area contributed by atoms with Gasteiger partial charge in [0.05, 0.1) is 23.1 Å². The smallest absolute Gasteiger partial charge is 0.257 e. The number of anilines is 1. The Hall–Kier alpha value is -3.15. The second-order valence-corrected chi connectivity index (χ2v) is 8.12. The van der Waals surface area contributed by atoms with Crippen molar-refractivity contribution in [3.8, 4) is 5.69 Å². The van der Waals surface area contributed by atoms with E-state index in [9.17, 15) is 9.18 Å². The van der Waals surface area contributed by atoms with Gasteiger partial charge in [-0.1, -0.05) is 19.1 Å². The molecule has 0 atom stereocenters. The minimum Gasteiger partial charge on any atom is -0.372 e. The largest absolute Gasteiger partial charge is 0.372 e. The van der Waals surface area contributed by atoms with Gasteiger partial charge >= 0.3 is 0 Å². The molecule has 5 nitrogen and oxygen atoms in total. The van der Waals surface area contributed by atoms with Crippen molar-refractivity contribution in [2.75, 3.05) is 25.0 Å². The number of benzene rings is 2. The Morgan fingerprint density at radius 2 is 1.65 bits per heavy atom. The van der Waals surface area contributed by atoms with Crippen LogP contribution in [0, 0.1) is 5.82 Å². The van der Waals surface area contributed by atoms with Crippen LogP contribution in [0.3, 0.4) is 0 Å². The minimum atomic E-state index is -0.295. The molecule has 0 radical (unpaired) electrons. The predicted octanol–water partition coefficient (Wildman–Crippen LogP) is 4.84. The van der Waals surface area contributed by atoms with Crippen molar-refractivity contribution in [1.82, 2.24) is 14.7 Å². The topological polar surface area (TPSA) is 41.4 Å². The summed E-state index contributed by atoms with van der Waals surface area (Å²) in [6, 6.07) is 14.7. The molecule has 3 aromatic rings. The van der Waals surface area contributed by atoms with Crippen LogP contribution < -0.4 is 4.90 Å². The first kappa shape index (κ1) is 21.1. The molecule has 0 spiro atoms. The molecule has 1 aliphatic rings. The molecule has 1 saturated heterocycles. The molecule has 1 aromatic heterocycles. The monoisotopic (exact) mass is 420 g/mol. The van der Waals surface area contributed by atoms with Crippen molar-refractivity contribution < 1.29 is 9.18 Å². The summed E-state index contributed by atoms with van der Waals surface area (Å²) in [5.74, 6) is -0.360. The Bertz CT molecular complexity index is 1020. The highest BCUT2D eigenvalue weighted by Crippen LogP contribution is 2.22. The van der Waals surface area contributed by atoms with Crippen LogP contribution in [0.5, 0.6) is 0 Å². The van der Waals surface area contributed by atoms with Gasteiger partial charge in [-0.25, -0.2) is 9.07 Å². The molecule has 0 aliphatic carbocycles. The number of amides is 1. The van der Waals surface area contributed by atoms with Crippen LogP contribution in [0.1, 0.15) is 47.8 Å². The summed E-state index contributed by atoms with van der Waals surface area (Å²) in [6.07, 6.45) is 6.09. The highest BCUT2D eigenvalue weighted by atomic mass is 19.1. The zero-order chi connectivity index (χ0) is 21.8. The first-order valence-electron chi connectivity index (χ1n) is 11.0. The van der Waals surface area contributed by atoms with Crippen molar-refractivity contribution >= 4 is 11.6 Å².